The van der Waals surface area contributed by atoms with Gasteiger partial charge in [0.1, 0.15) is 5.60 Å². The molecule has 1 saturated heterocycles. The summed E-state index contributed by atoms with van der Waals surface area (Å²) in [4.78, 5) is 0. The highest BCUT2D eigenvalue weighted by atomic mass is 16.6. The Labute approximate surface area is 113 Å². The molecule has 1 heterocycles. The van der Waals surface area contributed by atoms with Crippen LogP contribution in [0.4, 0.5) is 0 Å². The number of ether oxygens (including phenoxy) is 1. The van der Waals surface area contributed by atoms with E-state index >= 15 is 0 Å². The van der Waals surface area contributed by atoms with Gasteiger partial charge in [-0.3, -0.25) is 0 Å². The Hall–Kier alpha value is -0.0800. The molecule has 0 amide bonds. The molecule has 0 aromatic carbocycles. The van der Waals surface area contributed by atoms with Crippen LogP contribution in [0, 0.1) is 0 Å². The summed E-state index contributed by atoms with van der Waals surface area (Å²) in [5.74, 6) is 0. The normalized spacial score (nSPS) is 24.2. The standard InChI is InChI=1S/C16H32O2/c1-3-4-5-6-7-8-9-10-11-12-13-15(17)16(2)14-18-16/h15,17H,3-14H2,1-2H3. The van der Waals surface area contributed by atoms with E-state index in [2.05, 4.69) is 6.92 Å². The van der Waals surface area contributed by atoms with Crippen LogP contribution in [-0.2, 0) is 4.74 Å². The van der Waals surface area contributed by atoms with Gasteiger partial charge >= 0.3 is 0 Å². The van der Waals surface area contributed by atoms with Crippen LogP contribution < -0.4 is 0 Å². The number of aliphatic hydroxyl groups excluding tert-OH is 1. The van der Waals surface area contributed by atoms with E-state index in [0.29, 0.717) is 0 Å². The van der Waals surface area contributed by atoms with Gasteiger partial charge in [-0.05, 0) is 13.3 Å². The monoisotopic (exact) mass is 256 g/mol. The molecule has 0 aliphatic carbocycles. The van der Waals surface area contributed by atoms with Crippen LogP contribution in [0.5, 0.6) is 0 Å². The lowest BCUT2D eigenvalue weighted by molar-refractivity contribution is 0.0751. The van der Waals surface area contributed by atoms with Crippen molar-refractivity contribution in [1.29, 1.82) is 0 Å². The number of unbranched alkanes of at least 4 members (excludes halogenated alkanes) is 9. The predicted octanol–water partition coefficient (Wildman–Crippen LogP) is 4.45. The van der Waals surface area contributed by atoms with Crippen molar-refractivity contribution in [2.45, 2.75) is 96.2 Å². The van der Waals surface area contributed by atoms with Gasteiger partial charge in [0.25, 0.3) is 0 Å². The first kappa shape index (κ1) is 16.0. The molecule has 1 fully saturated rings. The molecule has 1 aliphatic heterocycles. The molecule has 1 rings (SSSR count). The Bertz CT molecular complexity index is 199. The van der Waals surface area contributed by atoms with Crippen molar-refractivity contribution >= 4 is 0 Å². The van der Waals surface area contributed by atoms with Crippen molar-refractivity contribution in [2.24, 2.45) is 0 Å². The molecule has 1 aliphatic rings. The fraction of sp³-hybridized carbons (Fsp3) is 1.00. The van der Waals surface area contributed by atoms with Gasteiger partial charge in [0, 0.05) is 0 Å². The molecule has 2 atom stereocenters. The Balaban J connectivity index is 1.76. The molecular formula is C16H32O2. The van der Waals surface area contributed by atoms with Gasteiger partial charge in [-0.15, -0.1) is 0 Å². The summed E-state index contributed by atoms with van der Waals surface area (Å²) in [5.41, 5.74) is -0.195. The summed E-state index contributed by atoms with van der Waals surface area (Å²) in [7, 11) is 0. The van der Waals surface area contributed by atoms with Crippen molar-refractivity contribution in [3.63, 3.8) is 0 Å². The van der Waals surface area contributed by atoms with Crippen LogP contribution >= 0.6 is 0 Å². The van der Waals surface area contributed by atoms with E-state index in [1.54, 1.807) is 0 Å². The second kappa shape index (κ2) is 8.92. The minimum absolute atomic E-state index is 0.195. The zero-order valence-corrected chi connectivity index (χ0v) is 12.4. The van der Waals surface area contributed by atoms with E-state index in [1.165, 1.54) is 57.8 Å². The first-order valence-electron chi connectivity index (χ1n) is 8.01. The maximum absolute atomic E-state index is 9.85. The van der Waals surface area contributed by atoms with Gasteiger partial charge in [-0.1, -0.05) is 71.1 Å². The molecule has 18 heavy (non-hydrogen) atoms. The lowest BCUT2D eigenvalue weighted by Crippen LogP contribution is -2.26. The molecule has 0 aromatic rings. The molecule has 2 heteroatoms. The number of epoxide rings is 1. The zero-order valence-electron chi connectivity index (χ0n) is 12.4. The third-order valence-electron chi connectivity index (χ3n) is 4.14. The second-order valence-electron chi connectivity index (χ2n) is 6.09. The highest BCUT2D eigenvalue weighted by Crippen LogP contribution is 2.32. The van der Waals surface area contributed by atoms with Gasteiger partial charge in [0.05, 0.1) is 12.7 Å². The molecule has 108 valence electrons. The second-order valence-corrected chi connectivity index (χ2v) is 6.09. The largest absolute Gasteiger partial charge is 0.390 e. The van der Waals surface area contributed by atoms with E-state index in [4.69, 9.17) is 4.74 Å². The van der Waals surface area contributed by atoms with Crippen LogP contribution in [0.25, 0.3) is 0 Å². The van der Waals surface area contributed by atoms with E-state index < -0.39 is 0 Å². The molecule has 0 bridgehead atoms. The van der Waals surface area contributed by atoms with Gasteiger partial charge in [-0.25, -0.2) is 0 Å². The first-order chi connectivity index (χ1) is 8.69. The molecule has 0 aromatic heterocycles. The van der Waals surface area contributed by atoms with E-state index in [9.17, 15) is 5.11 Å². The molecule has 0 saturated carbocycles. The summed E-state index contributed by atoms with van der Waals surface area (Å²) in [6.45, 7) is 5.02. The quantitative estimate of drug-likeness (QED) is 0.413. The van der Waals surface area contributed by atoms with E-state index in [0.717, 1.165) is 19.4 Å². The molecule has 0 spiro atoms. The molecule has 2 nitrogen and oxygen atoms in total. The van der Waals surface area contributed by atoms with Gasteiger partial charge in [0.2, 0.25) is 0 Å². The minimum Gasteiger partial charge on any atom is -0.390 e. The zero-order chi connectivity index (χ0) is 13.3. The fourth-order valence-corrected chi connectivity index (χ4v) is 2.44. The summed E-state index contributed by atoms with van der Waals surface area (Å²) in [5, 5.41) is 9.85. The van der Waals surface area contributed by atoms with Gasteiger partial charge in [-0.2, -0.15) is 0 Å². The highest BCUT2D eigenvalue weighted by molar-refractivity contribution is 4.93. The molecule has 1 N–H and O–H groups in total. The van der Waals surface area contributed by atoms with Gasteiger partial charge < -0.3 is 9.84 Å². The summed E-state index contributed by atoms with van der Waals surface area (Å²) < 4.78 is 5.25. The third kappa shape index (κ3) is 6.75. The van der Waals surface area contributed by atoms with Crippen molar-refractivity contribution in [2.75, 3.05) is 6.61 Å². The van der Waals surface area contributed by atoms with E-state index in [-0.39, 0.29) is 11.7 Å². The average Bonchev–Trinajstić information content (AvgIpc) is 3.11. The molecule has 2 unspecified atom stereocenters. The maximum Gasteiger partial charge on any atom is 0.115 e. The van der Waals surface area contributed by atoms with Crippen LogP contribution in [-0.4, -0.2) is 23.4 Å². The van der Waals surface area contributed by atoms with Crippen LogP contribution in [0.1, 0.15) is 84.5 Å². The number of hydrogen-bond acceptors (Lipinski definition) is 2. The van der Waals surface area contributed by atoms with Crippen molar-refractivity contribution < 1.29 is 9.84 Å². The number of rotatable bonds is 12. The lowest BCUT2D eigenvalue weighted by atomic mass is 9.99. The fourth-order valence-electron chi connectivity index (χ4n) is 2.44. The topological polar surface area (TPSA) is 32.8 Å². The summed E-state index contributed by atoms with van der Waals surface area (Å²) in [6, 6.07) is 0. The SMILES string of the molecule is CCCCCCCCCCCCC(O)C1(C)CO1. The Morgan fingerprint density at radius 2 is 1.39 bits per heavy atom. The maximum atomic E-state index is 9.85. The van der Waals surface area contributed by atoms with Crippen molar-refractivity contribution in [3.05, 3.63) is 0 Å². The van der Waals surface area contributed by atoms with E-state index in [1.807, 2.05) is 6.92 Å². The van der Waals surface area contributed by atoms with Crippen LogP contribution in [0.3, 0.4) is 0 Å². The first-order valence-corrected chi connectivity index (χ1v) is 8.01. The van der Waals surface area contributed by atoms with Crippen LogP contribution in [0.2, 0.25) is 0 Å². The molecular weight excluding hydrogens is 224 g/mol. The van der Waals surface area contributed by atoms with Crippen LogP contribution in [0.15, 0.2) is 0 Å². The third-order valence-corrected chi connectivity index (χ3v) is 4.14. The smallest absolute Gasteiger partial charge is 0.115 e. The highest BCUT2D eigenvalue weighted by Gasteiger charge is 2.45. The van der Waals surface area contributed by atoms with Crippen molar-refractivity contribution in [3.8, 4) is 0 Å². The van der Waals surface area contributed by atoms with Gasteiger partial charge in [0.15, 0.2) is 0 Å². The average molecular weight is 256 g/mol. The summed E-state index contributed by atoms with van der Waals surface area (Å²) >= 11 is 0. The Morgan fingerprint density at radius 3 is 1.83 bits per heavy atom. The molecule has 0 radical (unpaired) electrons. The Morgan fingerprint density at radius 1 is 0.944 bits per heavy atom. The number of hydrogen-bond donors (Lipinski definition) is 1. The predicted molar refractivity (Wildman–Crippen MR) is 76.8 cm³/mol. The lowest BCUT2D eigenvalue weighted by Gasteiger charge is -2.13. The summed E-state index contributed by atoms with van der Waals surface area (Å²) in [6.07, 6.45) is 14.2. The number of aliphatic hydroxyl groups is 1. The Kier molecular flexibility index (Phi) is 7.92. The minimum atomic E-state index is -0.244. The van der Waals surface area contributed by atoms with Crippen molar-refractivity contribution in [1.82, 2.24) is 0 Å².